The first-order chi connectivity index (χ1) is 8.68. The highest BCUT2D eigenvalue weighted by Gasteiger charge is 2.18. The third-order valence-corrected chi connectivity index (χ3v) is 4.28. The molecule has 0 radical (unpaired) electrons. The Kier molecular flexibility index (Phi) is 4.56. The minimum atomic E-state index is 0.401. The lowest BCUT2D eigenvalue weighted by atomic mass is 9.95. The van der Waals surface area contributed by atoms with Crippen LogP contribution in [0.5, 0.6) is 0 Å². The monoisotopic (exact) mass is 259 g/mol. The van der Waals surface area contributed by atoms with Gasteiger partial charge in [-0.25, -0.2) is 0 Å². The van der Waals surface area contributed by atoms with Crippen LogP contribution >= 0.6 is 11.3 Å². The Hall–Kier alpha value is -1.12. The van der Waals surface area contributed by atoms with Gasteiger partial charge in [0.15, 0.2) is 0 Å². The zero-order chi connectivity index (χ0) is 13.0. The van der Waals surface area contributed by atoms with E-state index in [0.717, 1.165) is 0 Å². The Balaban J connectivity index is 2.12. The first kappa shape index (κ1) is 13.3. The van der Waals surface area contributed by atoms with Gasteiger partial charge in [-0.1, -0.05) is 50.2 Å². The van der Waals surface area contributed by atoms with Crippen molar-refractivity contribution >= 4 is 11.3 Å². The van der Waals surface area contributed by atoms with Crippen molar-refractivity contribution in [1.29, 1.82) is 0 Å². The van der Waals surface area contributed by atoms with E-state index in [-0.39, 0.29) is 0 Å². The van der Waals surface area contributed by atoms with E-state index >= 15 is 0 Å². The summed E-state index contributed by atoms with van der Waals surface area (Å²) in [6, 6.07) is 15.8. The van der Waals surface area contributed by atoms with Crippen LogP contribution in [0.1, 0.15) is 43.3 Å². The van der Waals surface area contributed by atoms with Crippen LogP contribution < -0.4 is 5.32 Å². The fourth-order valence-electron chi connectivity index (χ4n) is 2.22. The second-order valence-corrected chi connectivity index (χ2v) is 6.02. The van der Waals surface area contributed by atoms with Crippen LogP contribution in [0.2, 0.25) is 0 Å². The van der Waals surface area contributed by atoms with Crippen LogP contribution in [0.3, 0.4) is 0 Å². The van der Waals surface area contributed by atoms with Gasteiger partial charge in [0.25, 0.3) is 0 Å². The Morgan fingerprint density at radius 2 is 1.67 bits per heavy atom. The lowest BCUT2D eigenvalue weighted by Crippen LogP contribution is -2.28. The first-order valence-corrected chi connectivity index (χ1v) is 7.41. The number of thiophene rings is 1. The molecule has 2 aromatic rings. The van der Waals surface area contributed by atoms with E-state index in [1.165, 1.54) is 10.4 Å². The van der Waals surface area contributed by atoms with Gasteiger partial charge in [0.1, 0.15) is 0 Å². The van der Waals surface area contributed by atoms with Crippen LogP contribution in [0, 0.1) is 5.92 Å². The zero-order valence-corrected chi connectivity index (χ0v) is 12.1. The summed E-state index contributed by atoms with van der Waals surface area (Å²) >= 11 is 1.82. The predicted molar refractivity (Wildman–Crippen MR) is 79.9 cm³/mol. The summed E-state index contributed by atoms with van der Waals surface area (Å²) in [6.45, 7) is 6.78. The van der Waals surface area contributed by atoms with Gasteiger partial charge in [-0.15, -0.1) is 11.3 Å². The fourth-order valence-corrected chi connectivity index (χ4v) is 2.97. The topological polar surface area (TPSA) is 12.0 Å². The molecule has 0 saturated carbocycles. The maximum atomic E-state index is 3.75. The molecule has 2 rings (SSSR count). The Bertz CT molecular complexity index is 447. The molecule has 0 fully saturated rings. The first-order valence-electron chi connectivity index (χ1n) is 6.53. The van der Waals surface area contributed by atoms with Crippen LogP contribution in [0.15, 0.2) is 47.8 Å². The number of benzene rings is 1. The molecule has 1 unspecified atom stereocenters. The smallest absolute Gasteiger partial charge is 0.0391 e. The van der Waals surface area contributed by atoms with E-state index in [4.69, 9.17) is 0 Å². The average Bonchev–Trinajstić information content (AvgIpc) is 2.90. The van der Waals surface area contributed by atoms with Crippen molar-refractivity contribution in [1.82, 2.24) is 5.32 Å². The van der Waals surface area contributed by atoms with Crippen molar-refractivity contribution in [3.05, 3.63) is 58.3 Å². The van der Waals surface area contributed by atoms with Crippen LogP contribution in [-0.2, 0) is 0 Å². The third-order valence-electron chi connectivity index (χ3n) is 3.22. The molecule has 1 nitrogen and oxygen atoms in total. The molecular formula is C16H21NS. The summed E-state index contributed by atoms with van der Waals surface area (Å²) < 4.78 is 0. The summed E-state index contributed by atoms with van der Waals surface area (Å²) in [5.74, 6) is 0.579. The summed E-state index contributed by atoms with van der Waals surface area (Å²) in [6.07, 6.45) is 0. The molecule has 1 aromatic carbocycles. The van der Waals surface area contributed by atoms with Crippen molar-refractivity contribution in [3.63, 3.8) is 0 Å². The highest BCUT2D eigenvalue weighted by atomic mass is 32.1. The molecule has 18 heavy (non-hydrogen) atoms. The molecule has 2 heteroatoms. The van der Waals surface area contributed by atoms with Crippen LogP contribution in [0.25, 0.3) is 0 Å². The summed E-state index contributed by atoms with van der Waals surface area (Å²) in [5.41, 5.74) is 1.37. The van der Waals surface area contributed by atoms with E-state index in [0.29, 0.717) is 18.0 Å². The SMILES string of the molecule is CC(C)C(N[C@@H](C)c1cccs1)c1ccccc1. The molecule has 0 aliphatic carbocycles. The van der Waals surface area contributed by atoms with Gasteiger partial charge in [0.05, 0.1) is 0 Å². The van der Waals surface area contributed by atoms with Crippen LogP contribution in [-0.4, -0.2) is 0 Å². The Morgan fingerprint density at radius 1 is 0.944 bits per heavy atom. The maximum absolute atomic E-state index is 3.75. The maximum Gasteiger partial charge on any atom is 0.0391 e. The molecule has 0 amide bonds. The summed E-state index contributed by atoms with van der Waals surface area (Å²) in [4.78, 5) is 1.40. The number of hydrogen-bond acceptors (Lipinski definition) is 2. The highest BCUT2D eigenvalue weighted by molar-refractivity contribution is 7.10. The van der Waals surface area contributed by atoms with Gasteiger partial charge in [0, 0.05) is 17.0 Å². The molecule has 0 bridgehead atoms. The minimum absolute atomic E-state index is 0.401. The summed E-state index contributed by atoms with van der Waals surface area (Å²) in [5, 5.41) is 5.88. The number of hydrogen-bond donors (Lipinski definition) is 1. The predicted octanol–water partition coefficient (Wildman–Crippen LogP) is 4.80. The largest absolute Gasteiger partial charge is 0.302 e. The second-order valence-electron chi connectivity index (χ2n) is 5.04. The summed E-state index contributed by atoms with van der Waals surface area (Å²) in [7, 11) is 0. The van der Waals surface area contributed by atoms with Crippen molar-refractivity contribution in [2.24, 2.45) is 5.92 Å². The molecule has 96 valence electrons. The van der Waals surface area contributed by atoms with Crippen molar-refractivity contribution in [2.75, 3.05) is 0 Å². The molecule has 1 N–H and O–H groups in total. The average molecular weight is 259 g/mol. The molecule has 2 atom stereocenters. The number of nitrogens with one attached hydrogen (secondary N) is 1. The minimum Gasteiger partial charge on any atom is -0.302 e. The third kappa shape index (κ3) is 3.21. The zero-order valence-electron chi connectivity index (χ0n) is 11.3. The molecule has 0 saturated heterocycles. The van der Waals surface area contributed by atoms with Gasteiger partial charge in [-0.3, -0.25) is 0 Å². The molecule has 0 aliphatic heterocycles. The van der Waals surface area contributed by atoms with Crippen molar-refractivity contribution < 1.29 is 0 Å². The van der Waals surface area contributed by atoms with E-state index in [1.807, 2.05) is 11.3 Å². The standard InChI is InChI=1S/C16H21NS/c1-12(2)16(14-8-5-4-6-9-14)17-13(3)15-10-7-11-18-15/h4-13,16-17H,1-3H3/t13-,16?/m0/s1. The van der Waals surface area contributed by atoms with Crippen molar-refractivity contribution in [3.8, 4) is 0 Å². The van der Waals surface area contributed by atoms with Gasteiger partial charge in [-0.05, 0) is 29.9 Å². The number of rotatable bonds is 5. The van der Waals surface area contributed by atoms with E-state index in [2.05, 4.69) is 73.9 Å². The fraction of sp³-hybridized carbons (Fsp3) is 0.375. The molecule has 1 aromatic heterocycles. The van der Waals surface area contributed by atoms with E-state index in [9.17, 15) is 0 Å². The normalized spacial score (nSPS) is 14.7. The Labute approximate surface area is 114 Å². The van der Waals surface area contributed by atoms with Gasteiger partial charge < -0.3 is 5.32 Å². The van der Waals surface area contributed by atoms with Gasteiger partial charge in [-0.2, -0.15) is 0 Å². The quantitative estimate of drug-likeness (QED) is 0.813. The lowest BCUT2D eigenvalue weighted by Gasteiger charge is -2.26. The Morgan fingerprint density at radius 3 is 2.22 bits per heavy atom. The van der Waals surface area contributed by atoms with E-state index in [1.54, 1.807) is 0 Å². The molecule has 1 heterocycles. The highest BCUT2D eigenvalue weighted by Crippen LogP contribution is 2.27. The lowest BCUT2D eigenvalue weighted by molar-refractivity contribution is 0.377. The van der Waals surface area contributed by atoms with Gasteiger partial charge >= 0.3 is 0 Å². The second kappa shape index (κ2) is 6.17. The molecule has 0 spiro atoms. The van der Waals surface area contributed by atoms with Crippen molar-refractivity contribution in [2.45, 2.75) is 32.9 Å². The van der Waals surface area contributed by atoms with Crippen LogP contribution in [0.4, 0.5) is 0 Å². The van der Waals surface area contributed by atoms with Gasteiger partial charge in [0.2, 0.25) is 0 Å². The molecule has 0 aliphatic rings. The van der Waals surface area contributed by atoms with E-state index < -0.39 is 0 Å². The molecular weight excluding hydrogens is 238 g/mol.